The van der Waals surface area contributed by atoms with Crippen molar-refractivity contribution in [1.82, 2.24) is 20.2 Å². The predicted molar refractivity (Wildman–Crippen MR) is 82.2 cm³/mol. The van der Waals surface area contributed by atoms with Crippen molar-refractivity contribution in [3.05, 3.63) is 17.3 Å². The number of hydrogen-bond donors (Lipinski definition) is 2. The molecule has 2 rings (SSSR count). The Bertz CT molecular complexity index is 595. The molecule has 0 spiro atoms. The van der Waals surface area contributed by atoms with Gasteiger partial charge in [0.15, 0.2) is 0 Å². The molecule has 7 heteroatoms. The van der Waals surface area contributed by atoms with Crippen molar-refractivity contribution in [3.8, 4) is 0 Å². The highest BCUT2D eigenvalue weighted by Gasteiger charge is 2.08. The van der Waals surface area contributed by atoms with Crippen molar-refractivity contribution in [2.24, 2.45) is 0 Å². The zero-order valence-electron chi connectivity index (χ0n) is 11.9. The first kappa shape index (κ1) is 14.7. The first-order chi connectivity index (χ1) is 9.56. The van der Waals surface area contributed by atoms with Crippen LogP contribution in [-0.4, -0.2) is 54.5 Å². The first-order valence-corrected chi connectivity index (χ1v) is 7.24. The lowest BCUT2D eigenvalue weighted by atomic mass is 10.3. The summed E-state index contributed by atoms with van der Waals surface area (Å²) >= 11 is 1.62. The topological polar surface area (TPSA) is 70.2 Å². The number of aromatic nitrogens is 2. The number of anilines is 1. The summed E-state index contributed by atoms with van der Waals surface area (Å²) < 4.78 is 0. The van der Waals surface area contributed by atoms with Crippen LogP contribution in [-0.2, 0) is 4.79 Å². The van der Waals surface area contributed by atoms with Gasteiger partial charge in [-0.15, -0.1) is 11.3 Å². The molecule has 0 saturated carbocycles. The Balaban J connectivity index is 1.91. The Hall–Kier alpha value is -1.73. The molecule has 0 fully saturated rings. The molecule has 20 heavy (non-hydrogen) atoms. The SMILES string of the molecule is Cc1cc2c(NCC(=O)NCCN(C)C)ncnc2s1. The van der Waals surface area contributed by atoms with Gasteiger partial charge in [0, 0.05) is 18.0 Å². The van der Waals surface area contributed by atoms with E-state index in [2.05, 4.69) is 20.6 Å². The molecule has 0 radical (unpaired) electrons. The lowest BCUT2D eigenvalue weighted by Crippen LogP contribution is -2.35. The zero-order chi connectivity index (χ0) is 14.5. The molecule has 2 aromatic rings. The fourth-order valence-electron chi connectivity index (χ4n) is 1.76. The molecule has 2 N–H and O–H groups in total. The predicted octanol–water partition coefficient (Wildman–Crippen LogP) is 1.09. The van der Waals surface area contributed by atoms with Gasteiger partial charge in [-0.1, -0.05) is 0 Å². The van der Waals surface area contributed by atoms with Gasteiger partial charge in [-0.2, -0.15) is 0 Å². The second-order valence-corrected chi connectivity index (χ2v) is 6.04. The smallest absolute Gasteiger partial charge is 0.239 e. The number of carbonyl (C=O) groups is 1. The largest absolute Gasteiger partial charge is 0.360 e. The molecule has 0 saturated heterocycles. The van der Waals surface area contributed by atoms with E-state index in [-0.39, 0.29) is 12.5 Å². The van der Waals surface area contributed by atoms with E-state index in [0.29, 0.717) is 12.4 Å². The van der Waals surface area contributed by atoms with Gasteiger partial charge in [0.1, 0.15) is 17.0 Å². The summed E-state index contributed by atoms with van der Waals surface area (Å²) in [6, 6.07) is 2.03. The second kappa shape index (κ2) is 6.62. The van der Waals surface area contributed by atoms with Crippen LogP contribution in [0.1, 0.15) is 4.88 Å². The maximum absolute atomic E-state index is 11.7. The molecule has 0 aliphatic heterocycles. The second-order valence-electron chi connectivity index (χ2n) is 4.80. The van der Waals surface area contributed by atoms with Crippen LogP contribution in [0.3, 0.4) is 0 Å². The number of carbonyl (C=O) groups excluding carboxylic acids is 1. The van der Waals surface area contributed by atoms with Crippen molar-refractivity contribution in [2.75, 3.05) is 39.0 Å². The Morgan fingerprint density at radius 1 is 1.40 bits per heavy atom. The van der Waals surface area contributed by atoms with Gasteiger partial charge in [-0.25, -0.2) is 9.97 Å². The summed E-state index contributed by atoms with van der Waals surface area (Å²) in [6.07, 6.45) is 1.52. The number of rotatable bonds is 6. The fourth-order valence-corrected chi connectivity index (χ4v) is 2.61. The Morgan fingerprint density at radius 2 is 2.20 bits per heavy atom. The average Bonchev–Trinajstić information content (AvgIpc) is 2.76. The lowest BCUT2D eigenvalue weighted by Gasteiger charge is -2.11. The first-order valence-electron chi connectivity index (χ1n) is 6.42. The number of nitrogens with one attached hydrogen (secondary N) is 2. The summed E-state index contributed by atoms with van der Waals surface area (Å²) in [5.74, 6) is 0.674. The Labute approximate surface area is 122 Å². The minimum atomic E-state index is -0.0365. The van der Waals surface area contributed by atoms with Crippen molar-refractivity contribution >= 4 is 33.3 Å². The number of amides is 1. The van der Waals surface area contributed by atoms with Crippen LogP contribution in [0.4, 0.5) is 5.82 Å². The van der Waals surface area contributed by atoms with Crippen LogP contribution in [0.2, 0.25) is 0 Å². The number of hydrogen-bond acceptors (Lipinski definition) is 6. The van der Waals surface area contributed by atoms with Crippen LogP contribution in [0.15, 0.2) is 12.4 Å². The zero-order valence-corrected chi connectivity index (χ0v) is 12.8. The van der Waals surface area contributed by atoms with Crippen molar-refractivity contribution in [1.29, 1.82) is 0 Å². The summed E-state index contributed by atoms with van der Waals surface area (Å²) in [5, 5.41) is 6.89. The molecule has 2 aromatic heterocycles. The molecule has 0 atom stereocenters. The molecular formula is C13H19N5OS. The number of fused-ring (bicyclic) bond motifs is 1. The normalized spacial score (nSPS) is 11.0. The third-order valence-electron chi connectivity index (χ3n) is 2.75. The molecule has 0 aliphatic rings. The van der Waals surface area contributed by atoms with Crippen LogP contribution in [0.5, 0.6) is 0 Å². The van der Waals surface area contributed by atoms with E-state index in [4.69, 9.17) is 0 Å². The molecule has 0 bridgehead atoms. The third kappa shape index (κ3) is 3.88. The molecule has 0 aromatic carbocycles. The summed E-state index contributed by atoms with van der Waals surface area (Å²) in [7, 11) is 3.95. The van der Waals surface area contributed by atoms with Crippen molar-refractivity contribution in [2.45, 2.75) is 6.92 Å². The molecule has 108 valence electrons. The molecule has 6 nitrogen and oxygen atoms in total. The van der Waals surface area contributed by atoms with E-state index in [1.54, 1.807) is 11.3 Å². The van der Waals surface area contributed by atoms with Crippen LogP contribution >= 0.6 is 11.3 Å². The van der Waals surface area contributed by atoms with E-state index in [9.17, 15) is 4.79 Å². The van der Waals surface area contributed by atoms with E-state index in [1.807, 2.05) is 32.0 Å². The molecule has 2 heterocycles. The van der Waals surface area contributed by atoms with Gasteiger partial charge >= 0.3 is 0 Å². The fraction of sp³-hybridized carbons (Fsp3) is 0.462. The van der Waals surface area contributed by atoms with Crippen LogP contribution in [0.25, 0.3) is 10.2 Å². The van der Waals surface area contributed by atoms with E-state index in [1.165, 1.54) is 11.2 Å². The van der Waals surface area contributed by atoms with Crippen molar-refractivity contribution in [3.63, 3.8) is 0 Å². The molecular weight excluding hydrogens is 274 g/mol. The van der Waals surface area contributed by atoms with E-state index < -0.39 is 0 Å². The maximum atomic E-state index is 11.7. The van der Waals surface area contributed by atoms with Gasteiger partial charge < -0.3 is 15.5 Å². The van der Waals surface area contributed by atoms with E-state index >= 15 is 0 Å². The molecule has 0 unspecified atom stereocenters. The van der Waals surface area contributed by atoms with Gasteiger partial charge in [0.25, 0.3) is 0 Å². The minimum Gasteiger partial charge on any atom is -0.360 e. The number of nitrogens with zero attached hydrogens (tertiary/aromatic N) is 3. The van der Waals surface area contributed by atoms with Gasteiger partial charge in [-0.3, -0.25) is 4.79 Å². The highest BCUT2D eigenvalue weighted by Crippen LogP contribution is 2.27. The van der Waals surface area contributed by atoms with Gasteiger partial charge in [0.05, 0.1) is 11.9 Å². The summed E-state index contributed by atoms with van der Waals surface area (Å²) in [5.41, 5.74) is 0. The van der Waals surface area contributed by atoms with Crippen LogP contribution < -0.4 is 10.6 Å². The summed E-state index contributed by atoms with van der Waals surface area (Å²) in [4.78, 5) is 24.3. The highest BCUT2D eigenvalue weighted by atomic mass is 32.1. The minimum absolute atomic E-state index is 0.0365. The standard InChI is InChI=1S/C13H19N5OS/c1-9-6-10-12(16-8-17-13(10)20-9)15-7-11(19)14-4-5-18(2)3/h6,8H,4-5,7H2,1-3H3,(H,14,19)(H,15,16,17). The monoisotopic (exact) mass is 293 g/mol. The number of thiophene rings is 1. The number of likely N-dealkylation sites (N-methyl/N-ethyl adjacent to an activating group) is 1. The van der Waals surface area contributed by atoms with Gasteiger partial charge in [-0.05, 0) is 27.1 Å². The summed E-state index contributed by atoms with van der Waals surface area (Å²) in [6.45, 7) is 3.72. The van der Waals surface area contributed by atoms with Crippen LogP contribution in [0, 0.1) is 6.92 Å². The highest BCUT2D eigenvalue weighted by molar-refractivity contribution is 7.18. The number of aryl methyl sites for hydroxylation is 1. The molecule has 1 amide bonds. The lowest BCUT2D eigenvalue weighted by molar-refractivity contribution is -0.119. The Kier molecular flexibility index (Phi) is 4.86. The average molecular weight is 293 g/mol. The van der Waals surface area contributed by atoms with Gasteiger partial charge in [0.2, 0.25) is 5.91 Å². The van der Waals surface area contributed by atoms with Crippen molar-refractivity contribution < 1.29 is 4.79 Å². The quantitative estimate of drug-likeness (QED) is 0.834. The third-order valence-corrected chi connectivity index (χ3v) is 3.71. The molecule has 0 aliphatic carbocycles. The maximum Gasteiger partial charge on any atom is 0.239 e. The Morgan fingerprint density at radius 3 is 2.95 bits per heavy atom. The van der Waals surface area contributed by atoms with E-state index in [0.717, 1.165) is 16.8 Å².